The van der Waals surface area contributed by atoms with Crippen molar-refractivity contribution in [2.45, 2.75) is 32.2 Å². The molecule has 1 saturated heterocycles. The van der Waals surface area contributed by atoms with Crippen molar-refractivity contribution in [1.29, 1.82) is 0 Å². The highest BCUT2D eigenvalue weighted by Crippen LogP contribution is 2.27. The largest absolute Gasteiger partial charge is 0.361 e. The van der Waals surface area contributed by atoms with Gasteiger partial charge in [0, 0.05) is 39.0 Å². The molecule has 0 bridgehead atoms. The summed E-state index contributed by atoms with van der Waals surface area (Å²) in [4.78, 5) is 13.2. The van der Waals surface area contributed by atoms with Crippen LogP contribution in [0.1, 0.15) is 36.0 Å². The maximum atomic E-state index is 4.69. The van der Waals surface area contributed by atoms with Gasteiger partial charge in [0.15, 0.2) is 11.5 Å². The van der Waals surface area contributed by atoms with Crippen molar-refractivity contribution in [1.82, 2.24) is 34.7 Å². The zero-order chi connectivity index (χ0) is 18.1. The van der Waals surface area contributed by atoms with E-state index in [9.17, 15) is 0 Å². The molecule has 0 aliphatic carbocycles. The predicted molar refractivity (Wildman–Crippen MR) is 99.1 cm³/mol. The molecule has 4 heterocycles. The minimum absolute atomic E-state index is 0.385. The Morgan fingerprint density at radius 1 is 1.08 bits per heavy atom. The predicted octanol–water partition coefficient (Wildman–Crippen LogP) is 1.67. The first-order valence-electron chi connectivity index (χ1n) is 9.00. The van der Waals surface area contributed by atoms with Crippen LogP contribution in [0.3, 0.4) is 0 Å². The molecule has 8 heteroatoms. The van der Waals surface area contributed by atoms with Crippen LogP contribution in [-0.4, -0.2) is 61.9 Å². The average Bonchev–Trinajstić information content (AvgIpc) is 3.07. The van der Waals surface area contributed by atoms with Crippen LogP contribution in [0.5, 0.6) is 0 Å². The summed E-state index contributed by atoms with van der Waals surface area (Å²) in [5.74, 6) is 2.27. The van der Waals surface area contributed by atoms with Gasteiger partial charge in [0.2, 0.25) is 0 Å². The van der Waals surface area contributed by atoms with Gasteiger partial charge in [-0.25, -0.2) is 0 Å². The molecule has 3 aromatic rings. The Kier molecular flexibility index (Phi) is 4.50. The maximum Gasteiger partial charge on any atom is 0.178 e. The van der Waals surface area contributed by atoms with E-state index in [1.807, 2.05) is 55.0 Å². The van der Waals surface area contributed by atoms with Crippen molar-refractivity contribution >= 4 is 11.5 Å². The van der Waals surface area contributed by atoms with Gasteiger partial charge in [-0.15, -0.1) is 15.3 Å². The molecular weight excluding hydrogens is 328 g/mol. The molecule has 1 aliphatic heterocycles. The van der Waals surface area contributed by atoms with Crippen molar-refractivity contribution in [3.8, 4) is 0 Å². The van der Waals surface area contributed by atoms with Crippen LogP contribution in [-0.2, 0) is 6.54 Å². The Labute approximate surface area is 152 Å². The van der Waals surface area contributed by atoms with E-state index in [4.69, 9.17) is 5.10 Å². The summed E-state index contributed by atoms with van der Waals surface area (Å²) in [6.07, 6.45) is 5.81. The third kappa shape index (κ3) is 3.37. The monoisotopic (exact) mass is 352 g/mol. The lowest BCUT2D eigenvalue weighted by Crippen LogP contribution is -2.33. The molecule has 0 N–H and O–H groups in total. The third-order valence-electron chi connectivity index (χ3n) is 4.90. The molecule has 0 amide bonds. The standard InChI is InChI=1S/C18H24N8/c1-13-10-20-15(11-19-13)12-25-8-6-14(7-9-25)18-22-21-16-4-5-17(24(2)3)23-26(16)18/h4-5,10-11,14H,6-9,12H2,1-3H3. The molecule has 0 aromatic carbocycles. The Balaban J connectivity index is 1.45. The zero-order valence-electron chi connectivity index (χ0n) is 15.5. The molecule has 8 nitrogen and oxygen atoms in total. The topological polar surface area (TPSA) is 75.3 Å². The number of hydrogen-bond acceptors (Lipinski definition) is 7. The molecular formula is C18H24N8. The van der Waals surface area contributed by atoms with E-state index in [-0.39, 0.29) is 0 Å². The van der Waals surface area contributed by atoms with Crippen LogP contribution >= 0.6 is 0 Å². The number of fused-ring (bicyclic) bond motifs is 1. The number of aryl methyl sites for hydroxylation is 1. The fourth-order valence-corrected chi connectivity index (χ4v) is 3.37. The van der Waals surface area contributed by atoms with E-state index in [1.165, 1.54) is 0 Å². The van der Waals surface area contributed by atoms with Gasteiger partial charge in [-0.05, 0) is 45.0 Å². The first-order chi connectivity index (χ1) is 12.6. The molecule has 26 heavy (non-hydrogen) atoms. The van der Waals surface area contributed by atoms with E-state index in [0.29, 0.717) is 5.92 Å². The van der Waals surface area contributed by atoms with E-state index in [1.54, 1.807) is 0 Å². The van der Waals surface area contributed by atoms with Crippen LogP contribution in [0.15, 0.2) is 24.5 Å². The van der Waals surface area contributed by atoms with E-state index >= 15 is 0 Å². The summed E-state index contributed by atoms with van der Waals surface area (Å²) in [5.41, 5.74) is 2.79. The van der Waals surface area contributed by atoms with Crippen LogP contribution in [0, 0.1) is 6.92 Å². The number of hydrogen-bond donors (Lipinski definition) is 0. The first kappa shape index (κ1) is 16.8. The normalized spacial score (nSPS) is 16.3. The van der Waals surface area contributed by atoms with Gasteiger partial charge in [-0.3, -0.25) is 14.9 Å². The Hall–Kier alpha value is -2.61. The molecule has 0 saturated carbocycles. The molecule has 3 aromatic heterocycles. The minimum atomic E-state index is 0.385. The van der Waals surface area contributed by atoms with Crippen LogP contribution < -0.4 is 4.90 Å². The lowest BCUT2D eigenvalue weighted by molar-refractivity contribution is 0.198. The van der Waals surface area contributed by atoms with Crippen molar-refractivity contribution in [3.63, 3.8) is 0 Å². The number of anilines is 1. The molecule has 1 aliphatic rings. The van der Waals surface area contributed by atoms with Crippen molar-refractivity contribution < 1.29 is 0 Å². The van der Waals surface area contributed by atoms with Crippen molar-refractivity contribution in [2.24, 2.45) is 0 Å². The first-order valence-corrected chi connectivity index (χ1v) is 9.00. The van der Waals surface area contributed by atoms with E-state index in [2.05, 4.69) is 25.1 Å². The Morgan fingerprint density at radius 3 is 2.58 bits per heavy atom. The number of piperidine rings is 1. The van der Waals surface area contributed by atoms with Gasteiger partial charge >= 0.3 is 0 Å². The average molecular weight is 352 g/mol. The molecule has 0 spiro atoms. The number of nitrogens with zero attached hydrogens (tertiary/aromatic N) is 8. The highest BCUT2D eigenvalue weighted by atomic mass is 15.4. The van der Waals surface area contributed by atoms with E-state index in [0.717, 1.165) is 61.2 Å². The summed E-state index contributed by atoms with van der Waals surface area (Å²) < 4.78 is 1.90. The van der Waals surface area contributed by atoms with Gasteiger partial charge in [0.1, 0.15) is 5.82 Å². The summed E-state index contributed by atoms with van der Waals surface area (Å²) in [6.45, 7) is 4.84. The van der Waals surface area contributed by atoms with Gasteiger partial charge in [0.25, 0.3) is 0 Å². The fourth-order valence-electron chi connectivity index (χ4n) is 3.37. The summed E-state index contributed by atoms with van der Waals surface area (Å²) in [7, 11) is 3.98. The lowest BCUT2D eigenvalue weighted by atomic mass is 9.96. The van der Waals surface area contributed by atoms with Crippen LogP contribution in [0.4, 0.5) is 5.82 Å². The van der Waals surface area contributed by atoms with Gasteiger partial charge in [-0.2, -0.15) is 4.52 Å². The lowest BCUT2D eigenvalue weighted by Gasteiger charge is -2.30. The van der Waals surface area contributed by atoms with Gasteiger partial charge in [0.05, 0.1) is 11.4 Å². The van der Waals surface area contributed by atoms with Crippen LogP contribution in [0.2, 0.25) is 0 Å². The smallest absolute Gasteiger partial charge is 0.178 e. The van der Waals surface area contributed by atoms with Crippen LogP contribution in [0.25, 0.3) is 5.65 Å². The summed E-state index contributed by atoms with van der Waals surface area (Å²) in [5, 5.41) is 13.4. The highest BCUT2D eigenvalue weighted by molar-refractivity contribution is 5.45. The minimum Gasteiger partial charge on any atom is -0.361 e. The molecule has 0 atom stereocenters. The number of likely N-dealkylation sites (tertiary alicyclic amines) is 1. The number of aromatic nitrogens is 6. The molecule has 136 valence electrons. The second kappa shape index (κ2) is 6.95. The SMILES string of the molecule is Cc1cnc(CN2CCC(c3nnc4ccc(N(C)C)nn34)CC2)cn1. The molecule has 1 fully saturated rings. The molecule has 4 rings (SSSR count). The Morgan fingerprint density at radius 2 is 1.88 bits per heavy atom. The third-order valence-corrected chi connectivity index (χ3v) is 4.90. The number of rotatable bonds is 4. The maximum absolute atomic E-state index is 4.69. The quantitative estimate of drug-likeness (QED) is 0.707. The second-order valence-electron chi connectivity index (χ2n) is 7.11. The van der Waals surface area contributed by atoms with E-state index < -0.39 is 0 Å². The summed E-state index contributed by atoms with van der Waals surface area (Å²) in [6, 6.07) is 3.95. The summed E-state index contributed by atoms with van der Waals surface area (Å²) >= 11 is 0. The Bertz CT molecular complexity index is 878. The molecule has 0 radical (unpaired) electrons. The fraction of sp³-hybridized carbons (Fsp3) is 0.500. The highest BCUT2D eigenvalue weighted by Gasteiger charge is 2.25. The zero-order valence-corrected chi connectivity index (χ0v) is 15.5. The second-order valence-corrected chi connectivity index (χ2v) is 7.11. The van der Waals surface area contributed by atoms with Gasteiger partial charge in [-0.1, -0.05) is 0 Å². The van der Waals surface area contributed by atoms with Crippen molar-refractivity contribution in [2.75, 3.05) is 32.1 Å². The molecule has 0 unspecified atom stereocenters. The van der Waals surface area contributed by atoms with Crippen molar-refractivity contribution in [3.05, 3.63) is 41.7 Å². The van der Waals surface area contributed by atoms with Gasteiger partial charge < -0.3 is 4.90 Å².